The van der Waals surface area contributed by atoms with Gasteiger partial charge in [0.1, 0.15) is 13.2 Å². The molecule has 8 nitrogen and oxygen atoms in total. The molecule has 5 rings (SSSR count). The van der Waals surface area contributed by atoms with Crippen molar-refractivity contribution < 1.29 is 14.3 Å². The van der Waals surface area contributed by atoms with Crippen LogP contribution in [0.25, 0.3) is 0 Å². The highest BCUT2D eigenvalue weighted by atomic mass is 32.2. The Kier molecular flexibility index (Phi) is 4.62. The lowest BCUT2D eigenvalue weighted by atomic mass is 9.87. The normalized spacial score (nSPS) is 20.1. The second kappa shape index (κ2) is 7.27. The maximum atomic E-state index is 12.8. The summed E-state index contributed by atoms with van der Waals surface area (Å²) < 4.78 is 13.2. The van der Waals surface area contributed by atoms with Gasteiger partial charge in [0.05, 0.1) is 17.3 Å². The lowest BCUT2D eigenvalue weighted by Gasteiger charge is -2.32. The molecule has 1 aliphatic heterocycles. The molecule has 1 amide bonds. The molecule has 0 unspecified atom stereocenters. The molecule has 0 spiro atoms. The van der Waals surface area contributed by atoms with Gasteiger partial charge in [0, 0.05) is 0 Å². The highest BCUT2D eigenvalue weighted by molar-refractivity contribution is 7.99. The second-order valence-corrected chi connectivity index (χ2v) is 8.56. The van der Waals surface area contributed by atoms with Crippen LogP contribution in [0.5, 0.6) is 11.5 Å². The first-order valence-electron chi connectivity index (χ1n) is 9.85. The molecule has 2 heterocycles. The molecule has 0 saturated heterocycles. The minimum Gasteiger partial charge on any atom is -0.486 e. The van der Waals surface area contributed by atoms with Crippen molar-refractivity contribution in [1.29, 1.82) is 0 Å². The molecule has 28 heavy (non-hydrogen) atoms. The molecule has 0 radical (unpaired) electrons. The van der Waals surface area contributed by atoms with E-state index in [0.29, 0.717) is 25.0 Å². The molecular weight excluding hydrogens is 378 g/mol. The van der Waals surface area contributed by atoms with Gasteiger partial charge in [0.25, 0.3) is 0 Å². The van der Waals surface area contributed by atoms with Gasteiger partial charge in [-0.05, 0) is 53.8 Å². The number of nitrogens with one attached hydrogen (secondary N) is 1. The van der Waals surface area contributed by atoms with Crippen molar-refractivity contribution in [3.8, 4) is 11.5 Å². The summed E-state index contributed by atoms with van der Waals surface area (Å²) in [6.07, 6.45) is 6.28. The Morgan fingerprint density at radius 2 is 2.00 bits per heavy atom. The zero-order chi connectivity index (χ0) is 19.0. The monoisotopic (exact) mass is 401 g/mol. The molecule has 2 aliphatic carbocycles. The van der Waals surface area contributed by atoms with E-state index in [1.165, 1.54) is 11.8 Å². The molecule has 2 saturated carbocycles. The third kappa shape index (κ3) is 3.43. The van der Waals surface area contributed by atoms with Crippen molar-refractivity contribution in [3.05, 3.63) is 23.8 Å². The van der Waals surface area contributed by atoms with Crippen LogP contribution in [0.1, 0.15) is 50.1 Å². The van der Waals surface area contributed by atoms with Gasteiger partial charge in [0.15, 0.2) is 11.5 Å². The van der Waals surface area contributed by atoms with Gasteiger partial charge >= 0.3 is 0 Å². The number of rotatable bonds is 6. The average Bonchev–Trinajstić information content (AvgIpc) is 3.26. The SMILES string of the molecule is O=C(CSc1nnnn1C1CC1)NC1(c2ccc3c(c2)OCCO3)CCCC1. The summed E-state index contributed by atoms with van der Waals surface area (Å²) >= 11 is 1.40. The molecule has 9 heteroatoms. The number of carbonyl (C=O) groups is 1. The molecule has 0 atom stereocenters. The number of hydrogen-bond donors (Lipinski definition) is 1. The topological polar surface area (TPSA) is 91.2 Å². The molecule has 1 aromatic heterocycles. The smallest absolute Gasteiger partial charge is 0.231 e. The van der Waals surface area contributed by atoms with Crippen LogP contribution in [0.15, 0.2) is 23.4 Å². The van der Waals surface area contributed by atoms with E-state index >= 15 is 0 Å². The predicted octanol–water partition coefficient (Wildman–Crippen LogP) is 2.46. The van der Waals surface area contributed by atoms with Crippen molar-refractivity contribution in [2.45, 2.75) is 55.3 Å². The molecule has 2 aromatic rings. The molecular formula is C19H23N5O3S. The average molecular weight is 401 g/mol. The second-order valence-electron chi connectivity index (χ2n) is 7.62. The van der Waals surface area contributed by atoms with Crippen molar-refractivity contribution in [3.63, 3.8) is 0 Å². The number of amides is 1. The first kappa shape index (κ1) is 17.8. The van der Waals surface area contributed by atoms with Gasteiger partial charge in [-0.1, -0.05) is 30.7 Å². The van der Waals surface area contributed by atoms with Crippen LogP contribution < -0.4 is 14.8 Å². The highest BCUT2D eigenvalue weighted by Gasteiger charge is 2.38. The quantitative estimate of drug-likeness (QED) is 0.744. The van der Waals surface area contributed by atoms with E-state index in [2.05, 4.69) is 26.9 Å². The minimum absolute atomic E-state index is 0.00661. The van der Waals surface area contributed by atoms with Gasteiger partial charge in [-0.3, -0.25) is 4.79 Å². The van der Waals surface area contributed by atoms with E-state index in [9.17, 15) is 4.79 Å². The Labute approximate surface area is 167 Å². The Hall–Kier alpha value is -2.29. The fraction of sp³-hybridized carbons (Fsp3) is 0.579. The summed E-state index contributed by atoms with van der Waals surface area (Å²) in [7, 11) is 0. The first-order chi connectivity index (χ1) is 13.7. The summed E-state index contributed by atoms with van der Waals surface area (Å²) in [5.41, 5.74) is 0.756. The molecule has 2 fully saturated rings. The fourth-order valence-electron chi connectivity index (χ4n) is 4.07. The largest absolute Gasteiger partial charge is 0.486 e. The number of benzene rings is 1. The van der Waals surface area contributed by atoms with E-state index in [1.807, 2.05) is 16.8 Å². The van der Waals surface area contributed by atoms with Crippen LogP contribution in [-0.4, -0.2) is 45.1 Å². The van der Waals surface area contributed by atoms with Gasteiger partial charge in [0.2, 0.25) is 11.1 Å². The number of carbonyl (C=O) groups excluding carboxylic acids is 1. The molecule has 1 aromatic carbocycles. The maximum Gasteiger partial charge on any atom is 0.231 e. The lowest BCUT2D eigenvalue weighted by Crippen LogP contribution is -2.44. The molecule has 148 valence electrons. The van der Waals surface area contributed by atoms with E-state index in [1.54, 1.807) is 0 Å². The van der Waals surface area contributed by atoms with Crippen LogP contribution in [0, 0.1) is 0 Å². The third-order valence-electron chi connectivity index (χ3n) is 5.62. The minimum atomic E-state index is -0.337. The summed E-state index contributed by atoms with van der Waals surface area (Å²) in [6.45, 7) is 1.13. The van der Waals surface area contributed by atoms with Crippen molar-refractivity contribution in [1.82, 2.24) is 25.5 Å². The van der Waals surface area contributed by atoms with Gasteiger partial charge in [-0.25, -0.2) is 4.68 Å². The first-order valence-corrected chi connectivity index (χ1v) is 10.8. The zero-order valence-electron chi connectivity index (χ0n) is 15.6. The lowest BCUT2D eigenvalue weighted by molar-refractivity contribution is -0.120. The Balaban J connectivity index is 1.29. The molecule has 1 N–H and O–H groups in total. The zero-order valence-corrected chi connectivity index (χ0v) is 16.4. The van der Waals surface area contributed by atoms with Crippen LogP contribution in [-0.2, 0) is 10.3 Å². The number of hydrogen-bond acceptors (Lipinski definition) is 7. The van der Waals surface area contributed by atoms with E-state index < -0.39 is 0 Å². The standard InChI is InChI=1S/C19H23N5O3S/c25-17(12-28-18-21-22-23-24(18)14-4-5-14)20-19(7-1-2-8-19)13-3-6-15-16(11-13)27-10-9-26-15/h3,6,11,14H,1-2,4-5,7-10,12H2,(H,20,25). The fourth-order valence-corrected chi connectivity index (χ4v) is 4.81. The number of ether oxygens (including phenoxy) is 2. The number of fused-ring (bicyclic) bond motifs is 1. The van der Waals surface area contributed by atoms with Crippen molar-refractivity contribution >= 4 is 17.7 Å². The van der Waals surface area contributed by atoms with Gasteiger partial charge in [-0.15, -0.1) is 5.10 Å². The summed E-state index contributed by atoms with van der Waals surface area (Å²) in [6, 6.07) is 6.44. The highest BCUT2D eigenvalue weighted by Crippen LogP contribution is 2.42. The van der Waals surface area contributed by atoms with E-state index in [0.717, 1.165) is 60.7 Å². The van der Waals surface area contributed by atoms with E-state index in [4.69, 9.17) is 9.47 Å². The number of tetrazole rings is 1. The molecule has 3 aliphatic rings. The van der Waals surface area contributed by atoms with Gasteiger partial charge < -0.3 is 14.8 Å². The number of nitrogens with zero attached hydrogens (tertiary/aromatic N) is 4. The summed E-state index contributed by atoms with van der Waals surface area (Å²) in [4.78, 5) is 12.8. The maximum absolute atomic E-state index is 12.8. The number of thioether (sulfide) groups is 1. The van der Waals surface area contributed by atoms with Crippen molar-refractivity contribution in [2.24, 2.45) is 0 Å². The Morgan fingerprint density at radius 3 is 2.79 bits per heavy atom. The molecule has 0 bridgehead atoms. The Bertz CT molecular complexity index is 876. The summed E-state index contributed by atoms with van der Waals surface area (Å²) in [5.74, 6) is 1.85. The van der Waals surface area contributed by atoms with Crippen LogP contribution >= 0.6 is 11.8 Å². The van der Waals surface area contributed by atoms with Crippen molar-refractivity contribution in [2.75, 3.05) is 19.0 Å². The van der Waals surface area contributed by atoms with E-state index in [-0.39, 0.29) is 11.4 Å². The van der Waals surface area contributed by atoms with Crippen LogP contribution in [0.4, 0.5) is 0 Å². The third-order valence-corrected chi connectivity index (χ3v) is 6.55. The summed E-state index contributed by atoms with van der Waals surface area (Å²) in [5, 5.41) is 15.9. The number of aromatic nitrogens is 4. The van der Waals surface area contributed by atoms with Gasteiger partial charge in [-0.2, -0.15) is 0 Å². The van der Waals surface area contributed by atoms with Crippen LogP contribution in [0.3, 0.4) is 0 Å². The Morgan fingerprint density at radius 1 is 1.21 bits per heavy atom. The van der Waals surface area contributed by atoms with Crippen LogP contribution in [0.2, 0.25) is 0 Å². The predicted molar refractivity (Wildman–Crippen MR) is 103 cm³/mol.